The zero-order valence-corrected chi connectivity index (χ0v) is 24.5. The lowest BCUT2D eigenvalue weighted by Gasteiger charge is -2.06. The fourth-order valence-electron chi connectivity index (χ4n) is 2.03. The molecule has 0 heterocycles. The third kappa shape index (κ3) is 37.0. The van der Waals surface area contributed by atoms with Crippen molar-refractivity contribution in [2.24, 2.45) is 5.92 Å². The van der Waals surface area contributed by atoms with Crippen LogP contribution in [0.4, 0.5) is 0 Å². The molecule has 6 nitrogen and oxygen atoms in total. The maximum atomic E-state index is 9.08. The van der Waals surface area contributed by atoms with E-state index in [1.54, 1.807) is 0 Å². The van der Waals surface area contributed by atoms with Gasteiger partial charge < -0.3 is 9.11 Å². The lowest BCUT2D eigenvalue weighted by atomic mass is 9.99. The topological polar surface area (TPSA) is 114 Å². The van der Waals surface area contributed by atoms with Crippen molar-refractivity contribution >= 4 is 20.2 Å². The van der Waals surface area contributed by atoms with Gasteiger partial charge in [0, 0.05) is 12.5 Å². The second kappa shape index (κ2) is 21.5. The molecule has 8 heteroatoms. The van der Waals surface area contributed by atoms with E-state index in [1.807, 2.05) is 0 Å². The summed E-state index contributed by atoms with van der Waals surface area (Å²) in [6.07, 6.45) is 4.97. The van der Waals surface area contributed by atoms with E-state index in [0.717, 1.165) is 5.92 Å². The number of benzene rings is 2. The molecule has 35 heavy (non-hydrogen) atoms. The minimum Gasteiger partial charge on any atom is -0.748 e. The highest BCUT2D eigenvalue weighted by Gasteiger charge is 1.99. The van der Waals surface area contributed by atoms with Crippen LogP contribution < -0.4 is 0 Å². The fraction of sp³-hybridized carbons (Fsp3) is 0.556. The van der Waals surface area contributed by atoms with Gasteiger partial charge in [-0.1, -0.05) is 116 Å². The molecule has 0 amide bonds. The second-order valence-corrected chi connectivity index (χ2v) is 11.5. The van der Waals surface area contributed by atoms with Crippen molar-refractivity contribution in [3.63, 3.8) is 0 Å². The van der Waals surface area contributed by atoms with Gasteiger partial charge in [-0.15, -0.1) is 0 Å². The minimum atomic E-state index is -3.92. The minimum absolute atomic E-state index is 0.604. The van der Waals surface area contributed by atoms with Gasteiger partial charge in [0.1, 0.15) is 0 Å². The molecule has 0 aliphatic rings. The van der Waals surface area contributed by atoms with Crippen LogP contribution in [0.2, 0.25) is 0 Å². The van der Waals surface area contributed by atoms with E-state index in [2.05, 4.69) is 109 Å². The molecule has 0 radical (unpaired) electrons. The van der Waals surface area contributed by atoms with Gasteiger partial charge in [-0.2, -0.15) is 0 Å². The molecule has 0 saturated carbocycles. The molecule has 0 aliphatic heterocycles. The van der Waals surface area contributed by atoms with Crippen LogP contribution in [0.25, 0.3) is 0 Å². The summed E-state index contributed by atoms with van der Waals surface area (Å²) < 4.78 is 54.5. The normalized spacial score (nSPS) is 12.1. The van der Waals surface area contributed by atoms with Crippen LogP contribution in [0, 0.1) is 5.92 Å². The monoisotopic (exact) mass is 530 g/mol. The largest absolute Gasteiger partial charge is 0.748 e. The van der Waals surface area contributed by atoms with Crippen molar-refractivity contribution in [3.05, 3.63) is 71.8 Å². The van der Waals surface area contributed by atoms with Crippen molar-refractivity contribution in [1.82, 2.24) is 0 Å². The SMILES string of the molecule is CCC(C)C.CCC(C)c1ccccc1.CCC(C)c1ccccc1.CS(=O)(=O)[O-].CS(=O)(=O)[O-]. The Morgan fingerprint density at radius 2 is 0.771 bits per heavy atom. The summed E-state index contributed by atoms with van der Waals surface area (Å²) in [7, 11) is -7.83. The van der Waals surface area contributed by atoms with Gasteiger partial charge in [0.25, 0.3) is 0 Å². The molecule has 2 rings (SSSR count). The lowest BCUT2D eigenvalue weighted by molar-refractivity contribution is 0.468. The molecule has 0 aliphatic carbocycles. The smallest absolute Gasteiger partial charge is 0.0916 e. The lowest BCUT2D eigenvalue weighted by Crippen LogP contribution is -1.88. The third-order valence-corrected chi connectivity index (χ3v) is 4.78. The average molecular weight is 531 g/mol. The highest BCUT2D eigenvalue weighted by molar-refractivity contribution is 7.85. The van der Waals surface area contributed by atoms with Gasteiger partial charge in [-0.25, -0.2) is 16.8 Å². The summed E-state index contributed by atoms with van der Waals surface area (Å²) in [5.41, 5.74) is 2.90. The van der Waals surface area contributed by atoms with Gasteiger partial charge >= 0.3 is 0 Å². The predicted octanol–water partition coefficient (Wildman–Crippen LogP) is 6.78. The first-order valence-electron chi connectivity index (χ1n) is 11.9. The van der Waals surface area contributed by atoms with E-state index in [1.165, 1.54) is 30.4 Å². The molecule has 0 spiro atoms. The van der Waals surface area contributed by atoms with Crippen LogP contribution in [-0.4, -0.2) is 38.5 Å². The Morgan fingerprint density at radius 3 is 0.914 bits per heavy atom. The van der Waals surface area contributed by atoms with Crippen LogP contribution in [0.15, 0.2) is 60.7 Å². The molecule has 0 bridgehead atoms. The summed E-state index contributed by atoms with van der Waals surface area (Å²) in [5.74, 6) is 2.30. The van der Waals surface area contributed by atoms with E-state index in [4.69, 9.17) is 25.9 Å². The Balaban J connectivity index is -0.000000384. The van der Waals surface area contributed by atoms with Gasteiger partial charge in [0.2, 0.25) is 0 Å². The summed E-state index contributed by atoms with van der Waals surface area (Å²) >= 11 is 0. The first-order chi connectivity index (χ1) is 16.0. The van der Waals surface area contributed by atoms with E-state index in [-0.39, 0.29) is 0 Å². The summed E-state index contributed by atoms with van der Waals surface area (Å²) in [6.45, 7) is 15.6. The van der Waals surface area contributed by atoms with E-state index in [9.17, 15) is 0 Å². The Labute approximate surface area is 215 Å². The van der Waals surface area contributed by atoms with Crippen LogP contribution in [-0.2, 0) is 20.2 Å². The van der Waals surface area contributed by atoms with E-state index in [0.29, 0.717) is 24.3 Å². The predicted molar refractivity (Wildman–Crippen MR) is 147 cm³/mol. The van der Waals surface area contributed by atoms with Crippen molar-refractivity contribution < 1.29 is 25.9 Å². The van der Waals surface area contributed by atoms with Crippen molar-refractivity contribution in [1.29, 1.82) is 0 Å². The van der Waals surface area contributed by atoms with Crippen molar-refractivity contribution in [3.8, 4) is 0 Å². The van der Waals surface area contributed by atoms with Gasteiger partial charge in [0.05, 0.1) is 20.2 Å². The maximum absolute atomic E-state index is 9.08. The van der Waals surface area contributed by atoms with E-state index < -0.39 is 20.2 Å². The van der Waals surface area contributed by atoms with Crippen molar-refractivity contribution in [2.45, 2.75) is 79.6 Å². The quantitative estimate of drug-likeness (QED) is 0.394. The summed E-state index contributed by atoms with van der Waals surface area (Å²) in [4.78, 5) is 0. The molecule has 0 N–H and O–H groups in total. The molecule has 2 aromatic rings. The molecule has 2 atom stereocenters. The number of hydrogen-bond donors (Lipinski definition) is 0. The number of rotatable bonds is 5. The highest BCUT2D eigenvalue weighted by Crippen LogP contribution is 2.17. The van der Waals surface area contributed by atoms with Gasteiger partial charge in [-0.05, 0) is 41.7 Å². The average Bonchev–Trinajstić information content (AvgIpc) is 2.77. The Kier molecular flexibility index (Phi) is 23.3. The van der Waals surface area contributed by atoms with Crippen LogP contribution >= 0.6 is 0 Å². The van der Waals surface area contributed by atoms with Crippen LogP contribution in [0.5, 0.6) is 0 Å². The first-order valence-corrected chi connectivity index (χ1v) is 15.5. The molecular formula is C27H46O6S2-2. The molecule has 204 valence electrons. The van der Waals surface area contributed by atoms with Crippen LogP contribution in [0.1, 0.15) is 90.7 Å². The van der Waals surface area contributed by atoms with Crippen LogP contribution in [0.3, 0.4) is 0 Å². The second-order valence-electron chi connectivity index (χ2n) is 8.65. The Hall–Kier alpha value is -1.74. The molecule has 2 aromatic carbocycles. The standard InChI is InChI=1S/2C10H14.C5H12.2CH4O3S/c2*1-3-9(2)10-7-5-4-6-8-10;1-4-5(2)3;2*1-5(2,3)4/h2*4-9H,3H2,1-2H3;5H,4H2,1-3H3;2*1H3,(H,2,3,4)/p-2. The highest BCUT2D eigenvalue weighted by atomic mass is 32.2. The first kappa shape index (κ1) is 37.8. The van der Waals surface area contributed by atoms with E-state index >= 15 is 0 Å². The maximum Gasteiger partial charge on any atom is 0.0916 e. The molecule has 0 saturated heterocycles. The zero-order chi connectivity index (χ0) is 28.1. The Morgan fingerprint density at radius 1 is 0.571 bits per heavy atom. The summed E-state index contributed by atoms with van der Waals surface area (Å²) in [6, 6.07) is 21.3. The third-order valence-electron chi connectivity index (χ3n) is 4.78. The molecule has 2 unspecified atom stereocenters. The van der Waals surface area contributed by atoms with Crippen molar-refractivity contribution in [2.75, 3.05) is 12.5 Å². The zero-order valence-electron chi connectivity index (χ0n) is 22.9. The fourth-order valence-corrected chi connectivity index (χ4v) is 2.03. The molecular weight excluding hydrogens is 484 g/mol. The Bertz CT molecular complexity index is 835. The summed E-state index contributed by atoms with van der Waals surface area (Å²) in [5, 5.41) is 0. The molecule has 0 aromatic heterocycles. The number of hydrogen-bond acceptors (Lipinski definition) is 6. The van der Waals surface area contributed by atoms with Gasteiger partial charge in [-0.3, -0.25) is 0 Å². The molecule has 0 fully saturated rings. The van der Waals surface area contributed by atoms with Gasteiger partial charge in [0.15, 0.2) is 0 Å².